The SMILES string of the molecule is C=CCNC(=O)CN1CCN(C(=O)Nc2cccc(C(C)C)c2)CC1. The van der Waals surface area contributed by atoms with Crippen LogP contribution >= 0.6 is 0 Å². The molecule has 3 amide bonds. The van der Waals surface area contributed by atoms with Crippen LogP contribution in [0, 0.1) is 0 Å². The first-order chi connectivity index (χ1) is 12.0. The minimum Gasteiger partial charge on any atom is -0.352 e. The third kappa shape index (κ3) is 5.90. The zero-order valence-electron chi connectivity index (χ0n) is 15.1. The van der Waals surface area contributed by atoms with E-state index in [0.717, 1.165) is 5.69 Å². The van der Waals surface area contributed by atoms with Gasteiger partial charge in [-0.2, -0.15) is 0 Å². The van der Waals surface area contributed by atoms with Crippen LogP contribution in [0.25, 0.3) is 0 Å². The van der Waals surface area contributed by atoms with E-state index in [1.54, 1.807) is 11.0 Å². The lowest BCUT2D eigenvalue weighted by Crippen LogP contribution is -2.52. The van der Waals surface area contributed by atoms with Gasteiger partial charge in [-0.1, -0.05) is 32.1 Å². The van der Waals surface area contributed by atoms with Gasteiger partial charge < -0.3 is 15.5 Å². The molecule has 1 aliphatic heterocycles. The Bertz CT molecular complexity index is 607. The number of piperazine rings is 1. The maximum atomic E-state index is 12.4. The summed E-state index contributed by atoms with van der Waals surface area (Å²) in [6.07, 6.45) is 1.66. The minimum atomic E-state index is -0.0864. The van der Waals surface area contributed by atoms with E-state index in [-0.39, 0.29) is 11.9 Å². The van der Waals surface area contributed by atoms with Crippen molar-refractivity contribution >= 4 is 17.6 Å². The summed E-state index contributed by atoms with van der Waals surface area (Å²) in [5.41, 5.74) is 2.02. The van der Waals surface area contributed by atoms with E-state index in [9.17, 15) is 9.59 Å². The molecule has 0 spiro atoms. The lowest BCUT2D eigenvalue weighted by molar-refractivity contribution is -0.122. The van der Waals surface area contributed by atoms with Gasteiger partial charge in [-0.25, -0.2) is 4.79 Å². The van der Waals surface area contributed by atoms with Crippen LogP contribution in [0.2, 0.25) is 0 Å². The van der Waals surface area contributed by atoms with Gasteiger partial charge in [0.25, 0.3) is 0 Å². The van der Waals surface area contributed by atoms with E-state index in [1.807, 2.05) is 18.2 Å². The molecule has 1 aromatic carbocycles. The number of carbonyl (C=O) groups is 2. The first kappa shape index (κ1) is 19.0. The van der Waals surface area contributed by atoms with Crippen molar-refractivity contribution in [2.45, 2.75) is 19.8 Å². The van der Waals surface area contributed by atoms with Crippen LogP contribution in [-0.2, 0) is 4.79 Å². The number of benzene rings is 1. The molecule has 136 valence electrons. The smallest absolute Gasteiger partial charge is 0.321 e. The number of rotatable bonds is 6. The largest absolute Gasteiger partial charge is 0.352 e. The topological polar surface area (TPSA) is 64.7 Å². The minimum absolute atomic E-state index is 0.0108. The molecule has 1 aliphatic rings. The number of amides is 3. The second kappa shape index (κ2) is 9.22. The van der Waals surface area contributed by atoms with Crippen LogP contribution in [-0.4, -0.2) is 61.0 Å². The summed E-state index contributed by atoms with van der Waals surface area (Å²) in [4.78, 5) is 28.0. The van der Waals surface area contributed by atoms with Crippen molar-refractivity contribution in [1.82, 2.24) is 15.1 Å². The lowest BCUT2D eigenvalue weighted by Gasteiger charge is -2.34. The maximum absolute atomic E-state index is 12.4. The van der Waals surface area contributed by atoms with Gasteiger partial charge in [-0.05, 0) is 23.6 Å². The highest BCUT2D eigenvalue weighted by molar-refractivity contribution is 5.89. The van der Waals surface area contributed by atoms with E-state index in [4.69, 9.17) is 0 Å². The first-order valence-electron chi connectivity index (χ1n) is 8.75. The summed E-state index contributed by atoms with van der Waals surface area (Å²) in [5, 5.41) is 5.74. The predicted molar refractivity (Wildman–Crippen MR) is 101 cm³/mol. The molecule has 6 heteroatoms. The van der Waals surface area contributed by atoms with Gasteiger partial charge in [0.05, 0.1) is 6.54 Å². The molecule has 1 heterocycles. The molecule has 2 N–H and O–H groups in total. The molecule has 1 saturated heterocycles. The summed E-state index contributed by atoms with van der Waals surface area (Å²) in [7, 11) is 0. The molecule has 25 heavy (non-hydrogen) atoms. The van der Waals surface area contributed by atoms with Gasteiger partial charge >= 0.3 is 6.03 Å². The van der Waals surface area contributed by atoms with Gasteiger partial charge in [-0.15, -0.1) is 6.58 Å². The van der Waals surface area contributed by atoms with Crippen LogP contribution in [0.15, 0.2) is 36.9 Å². The average Bonchev–Trinajstić information content (AvgIpc) is 2.60. The van der Waals surface area contributed by atoms with Crippen molar-refractivity contribution in [2.75, 3.05) is 44.6 Å². The molecule has 6 nitrogen and oxygen atoms in total. The number of nitrogens with one attached hydrogen (secondary N) is 2. The van der Waals surface area contributed by atoms with Crippen molar-refractivity contribution in [3.05, 3.63) is 42.5 Å². The maximum Gasteiger partial charge on any atom is 0.321 e. The fraction of sp³-hybridized carbons (Fsp3) is 0.474. The Morgan fingerprint density at radius 1 is 1.24 bits per heavy atom. The Labute approximate surface area is 149 Å². The molecule has 1 aromatic rings. The highest BCUT2D eigenvalue weighted by Gasteiger charge is 2.22. The quantitative estimate of drug-likeness (QED) is 0.778. The summed E-state index contributed by atoms with van der Waals surface area (Å²) in [6.45, 7) is 11.3. The van der Waals surface area contributed by atoms with E-state index < -0.39 is 0 Å². The van der Waals surface area contributed by atoms with Crippen LogP contribution in [0.4, 0.5) is 10.5 Å². The Hall–Kier alpha value is -2.34. The van der Waals surface area contributed by atoms with Crippen LogP contribution < -0.4 is 10.6 Å². The molecule has 0 atom stereocenters. The third-order valence-corrected chi connectivity index (χ3v) is 4.27. The molecule has 0 aliphatic carbocycles. The van der Waals surface area contributed by atoms with Gasteiger partial charge in [0, 0.05) is 38.4 Å². The number of hydrogen-bond acceptors (Lipinski definition) is 3. The second-order valence-electron chi connectivity index (χ2n) is 6.57. The molecule has 0 radical (unpaired) electrons. The Kier molecular flexibility index (Phi) is 7.01. The highest BCUT2D eigenvalue weighted by Crippen LogP contribution is 2.19. The van der Waals surface area contributed by atoms with Gasteiger partial charge in [-0.3, -0.25) is 9.69 Å². The van der Waals surface area contributed by atoms with Crippen LogP contribution in [0.3, 0.4) is 0 Å². The fourth-order valence-electron chi connectivity index (χ4n) is 2.73. The highest BCUT2D eigenvalue weighted by atomic mass is 16.2. The molecular weight excluding hydrogens is 316 g/mol. The zero-order chi connectivity index (χ0) is 18.2. The van der Waals surface area contributed by atoms with Gasteiger partial charge in [0.15, 0.2) is 0 Å². The first-order valence-corrected chi connectivity index (χ1v) is 8.75. The molecule has 0 aromatic heterocycles. The van der Waals surface area contributed by atoms with Crippen LogP contribution in [0.1, 0.15) is 25.3 Å². The Morgan fingerprint density at radius 2 is 1.96 bits per heavy atom. The third-order valence-electron chi connectivity index (χ3n) is 4.27. The second-order valence-corrected chi connectivity index (χ2v) is 6.57. The number of carbonyl (C=O) groups excluding carboxylic acids is 2. The summed E-state index contributed by atoms with van der Waals surface area (Å²) >= 11 is 0. The van der Waals surface area contributed by atoms with Crippen LogP contribution in [0.5, 0.6) is 0 Å². The summed E-state index contributed by atoms with van der Waals surface area (Å²) < 4.78 is 0. The van der Waals surface area contributed by atoms with E-state index in [2.05, 4.69) is 42.0 Å². The fourth-order valence-corrected chi connectivity index (χ4v) is 2.73. The van der Waals surface area contributed by atoms with E-state index in [1.165, 1.54) is 5.56 Å². The molecule has 0 bridgehead atoms. The standard InChI is InChI=1S/C19H28N4O2/c1-4-8-20-18(24)14-22-9-11-23(12-10-22)19(25)21-17-7-5-6-16(13-17)15(2)3/h4-7,13,15H,1,8-12,14H2,2-3H3,(H,20,24)(H,21,25). The van der Waals surface area contributed by atoms with Gasteiger partial charge in [0.1, 0.15) is 0 Å². The number of hydrogen-bond donors (Lipinski definition) is 2. The molecular formula is C19H28N4O2. The lowest BCUT2D eigenvalue weighted by atomic mass is 10.0. The van der Waals surface area contributed by atoms with Crippen molar-refractivity contribution in [3.63, 3.8) is 0 Å². The summed E-state index contributed by atoms with van der Waals surface area (Å²) in [5.74, 6) is 0.413. The molecule has 0 unspecified atom stereocenters. The van der Waals surface area contributed by atoms with Crippen molar-refractivity contribution in [2.24, 2.45) is 0 Å². The number of nitrogens with zero attached hydrogens (tertiary/aromatic N) is 2. The van der Waals surface area contributed by atoms with E-state index in [0.29, 0.717) is 45.2 Å². The predicted octanol–water partition coefficient (Wildman–Crippen LogP) is 2.26. The monoisotopic (exact) mass is 344 g/mol. The van der Waals surface area contributed by atoms with Crippen molar-refractivity contribution < 1.29 is 9.59 Å². The average molecular weight is 344 g/mol. The normalized spacial score (nSPS) is 15.1. The molecule has 2 rings (SSSR count). The Balaban J connectivity index is 1.80. The number of anilines is 1. The summed E-state index contributed by atoms with van der Waals surface area (Å²) in [6, 6.07) is 7.87. The van der Waals surface area contributed by atoms with Crippen molar-refractivity contribution in [1.29, 1.82) is 0 Å². The molecule has 1 fully saturated rings. The van der Waals surface area contributed by atoms with Crippen molar-refractivity contribution in [3.8, 4) is 0 Å². The molecule has 0 saturated carbocycles. The van der Waals surface area contributed by atoms with E-state index >= 15 is 0 Å². The Morgan fingerprint density at radius 3 is 2.60 bits per heavy atom. The van der Waals surface area contributed by atoms with Gasteiger partial charge in [0.2, 0.25) is 5.91 Å². The number of urea groups is 1. The zero-order valence-corrected chi connectivity index (χ0v) is 15.1.